The Hall–Kier alpha value is -2.31. The minimum atomic E-state index is -4.68. The molecule has 164 valence electrons. The summed E-state index contributed by atoms with van der Waals surface area (Å²) < 4.78 is 61.7. The fraction of sp³-hybridized carbons (Fsp3) is 0.312. The van der Waals surface area contributed by atoms with E-state index in [1.807, 2.05) is 0 Å². The van der Waals surface area contributed by atoms with Crippen LogP contribution in [-0.2, 0) is 19.5 Å². The quantitative estimate of drug-likeness (QED) is 0.465. The van der Waals surface area contributed by atoms with Crippen molar-refractivity contribution in [1.82, 2.24) is 9.88 Å². The van der Waals surface area contributed by atoms with Gasteiger partial charge in [-0.25, -0.2) is 13.2 Å². The number of sulfone groups is 1. The number of carboxylic acids is 1. The average Bonchev–Trinajstić information content (AvgIpc) is 2.58. The van der Waals surface area contributed by atoms with Crippen molar-refractivity contribution in [2.24, 2.45) is 5.16 Å². The van der Waals surface area contributed by atoms with Crippen LogP contribution in [0.15, 0.2) is 41.3 Å². The first-order chi connectivity index (χ1) is 13.8. The fourth-order valence-electron chi connectivity index (χ4n) is 2.52. The highest BCUT2D eigenvalue weighted by molar-refractivity contribution is 7.91. The largest absolute Gasteiger partial charge is 0.478 e. The highest BCUT2D eigenvalue weighted by Gasteiger charge is 2.36. The molecule has 1 N–H and O–H groups in total. The molecule has 0 radical (unpaired) electrons. The molecule has 0 saturated carbocycles. The van der Waals surface area contributed by atoms with Crippen LogP contribution >= 0.6 is 23.2 Å². The van der Waals surface area contributed by atoms with Gasteiger partial charge in [-0.2, -0.15) is 13.2 Å². The maximum atomic E-state index is 12.4. The van der Waals surface area contributed by atoms with Gasteiger partial charge in [-0.1, -0.05) is 28.4 Å². The molecule has 0 amide bonds. The average molecular weight is 488 g/mol. The summed E-state index contributed by atoms with van der Waals surface area (Å²) in [4.78, 5) is 20.8. The summed E-state index contributed by atoms with van der Waals surface area (Å²) in [6.45, 7) is -2.20. The van der Waals surface area contributed by atoms with Crippen LogP contribution in [-0.4, -0.2) is 66.0 Å². The zero-order valence-corrected chi connectivity index (χ0v) is 17.4. The van der Waals surface area contributed by atoms with Crippen molar-refractivity contribution >= 4 is 44.7 Å². The lowest BCUT2D eigenvalue weighted by atomic mass is 10.1. The van der Waals surface area contributed by atoms with Crippen LogP contribution in [0.1, 0.15) is 5.69 Å². The van der Waals surface area contributed by atoms with Crippen molar-refractivity contribution < 1.29 is 36.3 Å². The maximum Gasteiger partial charge on any atom is 0.425 e. The summed E-state index contributed by atoms with van der Waals surface area (Å²) in [5.74, 6) is -1.48. The van der Waals surface area contributed by atoms with Gasteiger partial charge in [0.15, 0.2) is 15.2 Å². The molecule has 0 saturated heterocycles. The lowest BCUT2D eigenvalue weighted by Gasteiger charge is -2.31. The predicted molar refractivity (Wildman–Crippen MR) is 103 cm³/mol. The second kappa shape index (κ2) is 9.23. The third kappa shape index (κ3) is 6.34. The molecule has 0 bridgehead atoms. The van der Waals surface area contributed by atoms with Crippen LogP contribution in [0.2, 0.25) is 10.0 Å². The number of hydrogen-bond donors (Lipinski definition) is 1. The van der Waals surface area contributed by atoms with E-state index in [1.165, 1.54) is 18.3 Å². The summed E-state index contributed by atoms with van der Waals surface area (Å²) >= 11 is 11.8. The standard InChI is InChI=1S/C16H14Cl2F3N3O5S/c1-30(27,28)14-10(15(25)26)3-2-4-24(14)7-12(23-29-8-16(19,20)21)13-11(18)5-9(17)6-22-13/h2-6,14H,7-8H2,1H3,(H,25,26)/b23-12+. The number of rotatable bonds is 7. The number of hydrogen-bond acceptors (Lipinski definition) is 7. The number of allylic oxidation sites excluding steroid dienone is 2. The molecule has 0 fully saturated rings. The fourth-order valence-corrected chi connectivity index (χ4v) is 4.28. The van der Waals surface area contributed by atoms with Gasteiger partial charge in [-0.05, 0) is 18.2 Å². The summed E-state index contributed by atoms with van der Waals surface area (Å²) in [5.41, 5.74) is -0.841. The van der Waals surface area contributed by atoms with Crippen LogP contribution in [0.25, 0.3) is 0 Å². The Kier molecular flexibility index (Phi) is 7.37. The summed E-state index contributed by atoms with van der Waals surface area (Å²) in [7, 11) is -3.98. The highest BCUT2D eigenvalue weighted by atomic mass is 35.5. The Morgan fingerprint density at radius 3 is 2.60 bits per heavy atom. The molecule has 1 atom stereocenters. The number of pyridine rings is 1. The molecular formula is C16H14Cl2F3N3O5S. The zero-order valence-electron chi connectivity index (χ0n) is 15.1. The Balaban J connectivity index is 2.46. The first kappa shape index (κ1) is 24.0. The minimum Gasteiger partial charge on any atom is -0.478 e. The van der Waals surface area contributed by atoms with Crippen LogP contribution in [0, 0.1) is 0 Å². The van der Waals surface area contributed by atoms with Gasteiger partial charge < -0.3 is 14.8 Å². The molecule has 30 heavy (non-hydrogen) atoms. The van der Waals surface area contributed by atoms with E-state index in [0.29, 0.717) is 0 Å². The first-order valence-corrected chi connectivity index (χ1v) is 10.6. The number of halogens is 5. The lowest BCUT2D eigenvalue weighted by Crippen LogP contribution is -2.44. The van der Waals surface area contributed by atoms with Crippen molar-refractivity contribution in [3.8, 4) is 0 Å². The number of aromatic nitrogens is 1. The topological polar surface area (TPSA) is 109 Å². The van der Waals surface area contributed by atoms with Gasteiger partial charge >= 0.3 is 12.1 Å². The number of alkyl halides is 3. The summed E-state index contributed by atoms with van der Waals surface area (Å²) in [5, 5.41) is 11.2. The maximum absolute atomic E-state index is 12.4. The molecular weight excluding hydrogens is 474 g/mol. The van der Waals surface area contributed by atoms with Crippen molar-refractivity contribution in [3.63, 3.8) is 0 Å². The summed E-state index contributed by atoms with van der Waals surface area (Å²) in [6, 6.07) is 1.26. The van der Waals surface area contributed by atoms with E-state index < -0.39 is 46.1 Å². The van der Waals surface area contributed by atoms with Gasteiger partial charge in [0.2, 0.25) is 6.61 Å². The van der Waals surface area contributed by atoms with E-state index in [1.54, 1.807) is 0 Å². The zero-order chi connectivity index (χ0) is 22.7. The molecule has 2 heterocycles. The van der Waals surface area contributed by atoms with Crippen LogP contribution in [0.5, 0.6) is 0 Å². The van der Waals surface area contributed by atoms with E-state index in [2.05, 4.69) is 15.0 Å². The third-order valence-corrected chi connectivity index (χ3v) is 5.42. The number of nitrogens with zero attached hydrogens (tertiary/aromatic N) is 3. The van der Waals surface area contributed by atoms with Crippen molar-refractivity contribution in [2.75, 3.05) is 19.4 Å². The van der Waals surface area contributed by atoms with Crippen molar-refractivity contribution in [1.29, 1.82) is 0 Å². The van der Waals surface area contributed by atoms with E-state index >= 15 is 0 Å². The first-order valence-electron chi connectivity index (χ1n) is 7.93. The summed E-state index contributed by atoms with van der Waals surface area (Å²) in [6.07, 6.45) is 0.938. The Morgan fingerprint density at radius 2 is 2.07 bits per heavy atom. The Bertz CT molecular complexity index is 1030. The molecule has 1 aromatic heterocycles. The smallest absolute Gasteiger partial charge is 0.425 e. The van der Waals surface area contributed by atoms with Gasteiger partial charge in [0.25, 0.3) is 0 Å². The molecule has 2 rings (SSSR count). The molecule has 1 aliphatic rings. The van der Waals surface area contributed by atoms with Crippen molar-refractivity contribution in [2.45, 2.75) is 11.6 Å². The van der Waals surface area contributed by atoms with E-state index in [-0.39, 0.29) is 21.5 Å². The number of oxime groups is 1. The van der Waals surface area contributed by atoms with Crippen molar-refractivity contribution in [3.05, 3.63) is 51.9 Å². The van der Waals surface area contributed by atoms with Gasteiger partial charge in [-0.3, -0.25) is 4.98 Å². The van der Waals surface area contributed by atoms with Gasteiger partial charge in [-0.15, -0.1) is 0 Å². The Morgan fingerprint density at radius 1 is 1.40 bits per heavy atom. The number of aliphatic carboxylic acids is 1. The molecule has 8 nitrogen and oxygen atoms in total. The van der Waals surface area contributed by atoms with Gasteiger partial charge in [0.05, 0.1) is 22.2 Å². The highest BCUT2D eigenvalue weighted by Crippen LogP contribution is 2.25. The molecule has 14 heteroatoms. The van der Waals surface area contributed by atoms with Gasteiger partial charge in [0.1, 0.15) is 11.4 Å². The molecule has 1 aliphatic heterocycles. The normalized spacial score (nSPS) is 17.7. The lowest BCUT2D eigenvalue weighted by molar-refractivity contribution is -0.173. The van der Waals surface area contributed by atoms with E-state index in [4.69, 9.17) is 23.2 Å². The third-order valence-electron chi connectivity index (χ3n) is 3.59. The van der Waals surface area contributed by atoms with Crippen LogP contribution < -0.4 is 0 Å². The molecule has 0 aromatic carbocycles. The van der Waals surface area contributed by atoms with Crippen LogP contribution in [0.3, 0.4) is 0 Å². The minimum absolute atomic E-state index is 0.0808. The SMILES string of the molecule is CS(=O)(=O)C1C(C(=O)O)=CC=CN1C/C(=N\OCC(F)(F)F)c1ncc(Cl)cc1Cl. The van der Waals surface area contributed by atoms with E-state index in [0.717, 1.165) is 23.4 Å². The number of carboxylic acid groups (broad SMARTS) is 1. The number of carbonyl (C=O) groups is 1. The molecule has 1 aromatic rings. The molecule has 0 spiro atoms. The predicted octanol–water partition coefficient (Wildman–Crippen LogP) is 2.88. The van der Waals surface area contributed by atoms with Gasteiger partial charge in [0, 0.05) is 18.7 Å². The molecule has 1 unspecified atom stereocenters. The van der Waals surface area contributed by atoms with E-state index in [9.17, 15) is 31.5 Å². The molecule has 0 aliphatic carbocycles. The Labute approximate surface area is 179 Å². The van der Waals surface area contributed by atoms with Crippen LogP contribution in [0.4, 0.5) is 13.2 Å². The second-order valence-electron chi connectivity index (χ2n) is 6.03. The second-order valence-corrected chi connectivity index (χ2v) is 8.98. The monoisotopic (exact) mass is 487 g/mol.